The first-order valence-electron chi connectivity index (χ1n) is 3.88. The van der Waals surface area contributed by atoms with E-state index in [1.54, 1.807) is 18.2 Å². The van der Waals surface area contributed by atoms with Gasteiger partial charge in [0, 0.05) is 5.56 Å². The van der Waals surface area contributed by atoms with Gasteiger partial charge in [0.15, 0.2) is 0 Å². The Balaban J connectivity index is 3.07. The molecule has 0 spiro atoms. The monoisotopic (exact) mass is 307 g/mol. The van der Waals surface area contributed by atoms with Crippen LogP contribution < -0.4 is 5.73 Å². The molecule has 0 aliphatic rings. The van der Waals surface area contributed by atoms with Crippen molar-refractivity contribution in [1.29, 1.82) is 0 Å². The van der Waals surface area contributed by atoms with Crippen LogP contribution in [0.4, 0.5) is 0 Å². The lowest BCUT2D eigenvalue weighted by atomic mass is 10.1. The van der Waals surface area contributed by atoms with E-state index in [0.29, 0.717) is 9.13 Å². The van der Waals surface area contributed by atoms with Gasteiger partial charge in [0.05, 0.1) is 10.7 Å². The van der Waals surface area contributed by atoms with Crippen LogP contribution in [-0.4, -0.2) is 18.2 Å². The zero-order valence-electron chi connectivity index (χ0n) is 7.53. The summed E-state index contributed by atoms with van der Waals surface area (Å²) in [6.07, 6.45) is 0. The molecule has 1 atom stereocenters. The third-order valence-corrected chi connectivity index (χ3v) is 2.68. The number of phenolic OH excluding ortho intramolecular Hbond substituents is 1. The molecule has 0 heterocycles. The number of phenols is 1. The van der Waals surface area contributed by atoms with Gasteiger partial charge in [-0.15, -0.1) is 0 Å². The van der Waals surface area contributed by atoms with E-state index < -0.39 is 12.0 Å². The molecule has 0 amide bonds. The summed E-state index contributed by atoms with van der Waals surface area (Å²) in [6.45, 7) is 0. The molecule has 4 nitrogen and oxygen atoms in total. The predicted molar refractivity (Wildman–Crippen MR) is 59.8 cm³/mol. The van der Waals surface area contributed by atoms with E-state index in [9.17, 15) is 9.90 Å². The van der Waals surface area contributed by atoms with Crippen LogP contribution in [0.25, 0.3) is 0 Å². The minimum atomic E-state index is -0.935. The highest BCUT2D eigenvalue weighted by molar-refractivity contribution is 14.1. The Morgan fingerprint density at radius 2 is 2.29 bits per heavy atom. The highest BCUT2D eigenvalue weighted by Gasteiger charge is 2.20. The van der Waals surface area contributed by atoms with E-state index in [1.807, 2.05) is 22.6 Å². The SMILES string of the molecule is COC(=O)[C@@H](N)c1cccc(I)c1O. The van der Waals surface area contributed by atoms with Gasteiger partial charge in [-0.05, 0) is 28.7 Å². The lowest BCUT2D eigenvalue weighted by molar-refractivity contribution is -0.142. The summed E-state index contributed by atoms with van der Waals surface area (Å²) in [5.74, 6) is -0.534. The van der Waals surface area contributed by atoms with Crippen molar-refractivity contribution in [3.63, 3.8) is 0 Å². The van der Waals surface area contributed by atoms with Crippen molar-refractivity contribution in [2.45, 2.75) is 6.04 Å². The summed E-state index contributed by atoms with van der Waals surface area (Å²) < 4.78 is 5.14. The molecule has 0 bridgehead atoms. The van der Waals surface area contributed by atoms with E-state index in [2.05, 4.69) is 4.74 Å². The predicted octanol–water partition coefficient (Wildman–Crippen LogP) is 1.17. The zero-order chi connectivity index (χ0) is 10.7. The zero-order valence-corrected chi connectivity index (χ0v) is 9.69. The second kappa shape index (κ2) is 4.61. The molecule has 0 aliphatic carbocycles. The van der Waals surface area contributed by atoms with Crippen LogP contribution in [0.5, 0.6) is 5.75 Å². The average molecular weight is 307 g/mol. The van der Waals surface area contributed by atoms with Crippen molar-refractivity contribution in [3.8, 4) is 5.75 Å². The molecule has 0 radical (unpaired) electrons. The Morgan fingerprint density at radius 1 is 1.64 bits per heavy atom. The molecule has 0 aromatic heterocycles. The second-order valence-electron chi connectivity index (χ2n) is 2.68. The van der Waals surface area contributed by atoms with Crippen LogP contribution in [-0.2, 0) is 9.53 Å². The summed E-state index contributed by atoms with van der Waals surface area (Å²) in [5, 5.41) is 9.62. The number of hydrogen-bond acceptors (Lipinski definition) is 4. The first-order valence-corrected chi connectivity index (χ1v) is 4.96. The number of esters is 1. The van der Waals surface area contributed by atoms with Crippen molar-refractivity contribution in [2.75, 3.05) is 7.11 Å². The van der Waals surface area contributed by atoms with Crippen LogP contribution in [0.1, 0.15) is 11.6 Å². The fourth-order valence-electron chi connectivity index (χ4n) is 1.04. The quantitative estimate of drug-likeness (QED) is 0.635. The van der Waals surface area contributed by atoms with Crippen LogP contribution in [0.2, 0.25) is 0 Å². The average Bonchev–Trinajstić information content (AvgIpc) is 2.20. The minimum Gasteiger partial charge on any atom is -0.506 e. The molecule has 1 aromatic carbocycles. The summed E-state index contributed by atoms with van der Waals surface area (Å²) in [7, 11) is 1.26. The molecular formula is C9H10INO3. The summed E-state index contributed by atoms with van der Waals surface area (Å²) in [6, 6.07) is 4.11. The van der Waals surface area contributed by atoms with Crippen LogP contribution >= 0.6 is 22.6 Å². The Morgan fingerprint density at radius 3 is 2.86 bits per heavy atom. The highest BCUT2D eigenvalue weighted by atomic mass is 127. The van der Waals surface area contributed by atoms with Crippen molar-refractivity contribution < 1.29 is 14.6 Å². The number of nitrogens with two attached hydrogens (primary N) is 1. The minimum absolute atomic E-state index is 0.0333. The molecule has 76 valence electrons. The van der Waals surface area contributed by atoms with Crippen molar-refractivity contribution >= 4 is 28.6 Å². The fraction of sp³-hybridized carbons (Fsp3) is 0.222. The highest BCUT2D eigenvalue weighted by Crippen LogP contribution is 2.28. The lowest BCUT2D eigenvalue weighted by Gasteiger charge is -2.11. The standard InChI is InChI=1S/C9H10INO3/c1-14-9(13)7(11)5-3-2-4-6(10)8(5)12/h2-4,7,12H,11H2,1H3/t7-/m0/s1. The third kappa shape index (κ3) is 2.16. The van der Waals surface area contributed by atoms with E-state index in [1.165, 1.54) is 7.11 Å². The van der Waals surface area contributed by atoms with Crippen molar-refractivity contribution in [2.24, 2.45) is 5.73 Å². The van der Waals surface area contributed by atoms with Crippen molar-refractivity contribution in [3.05, 3.63) is 27.3 Å². The summed E-state index contributed by atoms with van der Waals surface area (Å²) in [4.78, 5) is 11.1. The lowest BCUT2D eigenvalue weighted by Crippen LogP contribution is -2.22. The van der Waals surface area contributed by atoms with Crippen LogP contribution in [0, 0.1) is 3.57 Å². The molecule has 1 aromatic rings. The largest absolute Gasteiger partial charge is 0.506 e. The number of hydrogen-bond donors (Lipinski definition) is 2. The summed E-state index contributed by atoms with van der Waals surface area (Å²) in [5.41, 5.74) is 5.96. The van der Waals surface area contributed by atoms with Gasteiger partial charge in [0.25, 0.3) is 0 Å². The first kappa shape index (κ1) is 11.3. The van der Waals surface area contributed by atoms with Crippen LogP contribution in [0.15, 0.2) is 18.2 Å². The van der Waals surface area contributed by atoms with Gasteiger partial charge in [-0.1, -0.05) is 12.1 Å². The van der Waals surface area contributed by atoms with Gasteiger partial charge < -0.3 is 15.6 Å². The number of benzene rings is 1. The first-order chi connectivity index (χ1) is 6.57. The number of carbonyl (C=O) groups excluding carboxylic acids is 1. The Kier molecular flexibility index (Phi) is 3.70. The summed E-state index contributed by atoms with van der Waals surface area (Å²) >= 11 is 1.96. The maximum absolute atomic E-state index is 11.1. The molecule has 5 heteroatoms. The molecule has 3 N–H and O–H groups in total. The number of halogens is 1. The molecule has 1 rings (SSSR count). The van der Waals surface area contributed by atoms with Gasteiger partial charge in [0.2, 0.25) is 0 Å². The van der Waals surface area contributed by atoms with Gasteiger partial charge in [-0.3, -0.25) is 4.79 Å². The van der Waals surface area contributed by atoms with E-state index in [-0.39, 0.29) is 5.75 Å². The smallest absolute Gasteiger partial charge is 0.327 e. The number of carbonyl (C=O) groups is 1. The van der Waals surface area contributed by atoms with E-state index >= 15 is 0 Å². The second-order valence-corrected chi connectivity index (χ2v) is 3.84. The van der Waals surface area contributed by atoms with E-state index in [0.717, 1.165) is 0 Å². The topological polar surface area (TPSA) is 72.5 Å². The van der Waals surface area contributed by atoms with Crippen LogP contribution in [0.3, 0.4) is 0 Å². The number of rotatable bonds is 2. The van der Waals surface area contributed by atoms with Gasteiger partial charge >= 0.3 is 5.97 Å². The Hall–Kier alpha value is -0.820. The van der Waals surface area contributed by atoms with Gasteiger partial charge in [-0.2, -0.15) is 0 Å². The number of para-hydroxylation sites is 1. The molecule has 14 heavy (non-hydrogen) atoms. The molecule has 0 fully saturated rings. The molecule has 0 aliphatic heterocycles. The number of methoxy groups -OCH3 is 1. The van der Waals surface area contributed by atoms with Gasteiger partial charge in [0.1, 0.15) is 11.8 Å². The molecule has 0 unspecified atom stereocenters. The van der Waals surface area contributed by atoms with Crippen molar-refractivity contribution in [1.82, 2.24) is 0 Å². The Labute approximate surface area is 95.2 Å². The Bertz CT molecular complexity index is 354. The molecular weight excluding hydrogens is 297 g/mol. The molecule has 0 saturated carbocycles. The van der Waals surface area contributed by atoms with E-state index in [4.69, 9.17) is 5.73 Å². The fourth-order valence-corrected chi connectivity index (χ4v) is 1.56. The normalized spacial score (nSPS) is 12.2. The maximum atomic E-state index is 11.1. The third-order valence-electron chi connectivity index (χ3n) is 1.81. The number of aromatic hydroxyl groups is 1. The van der Waals surface area contributed by atoms with Gasteiger partial charge in [-0.25, -0.2) is 0 Å². The maximum Gasteiger partial charge on any atom is 0.327 e. The molecule has 0 saturated heterocycles. The number of ether oxygens (including phenoxy) is 1.